The third kappa shape index (κ3) is 2.72. The fraction of sp³-hybridized carbons (Fsp3) is 0.538. The van der Waals surface area contributed by atoms with Crippen LogP contribution < -0.4 is 10.7 Å². The highest BCUT2D eigenvalue weighted by Gasteiger charge is 2.39. The molecule has 0 unspecified atom stereocenters. The summed E-state index contributed by atoms with van der Waals surface area (Å²) in [5, 5.41) is 10.2. The molecule has 2 N–H and O–H groups in total. The van der Waals surface area contributed by atoms with Gasteiger partial charge in [-0.25, -0.2) is 0 Å². The SMILES string of the molecule is S=C(N/N=C\c1cccs1)N[C@H]1C[C@H]2CC[C@H]1C2. The largest absolute Gasteiger partial charge is 0.358 e. The van der Waals surface area contributed by atoms with Crippen molar-refractivity contribution < 1.29 is 0 Å². The summed E-state index contributed by atoms with van der Waals surface area (Å²) in [7, 11) is 0. The number of nitrogens with zero attached hydrogens (tertiary/aromatic N) is 1. The van der Waals surface area contributed by atoms with Gasteiger partial charge in [0.2, 0.25) is 0 Å². The molecule has 3 rings (SSSR count). The predicted octanol–water partition coefficient (Wildman–Crippen LogP) is 2.73. The Morgan fingerprint density at radius 2 is 2.39 bits per heavy atom. The first-order valence-electron chi connectivity index (χ1n) is 6.44. The minimum atomic E-state index is 0.570. The molecule has 2 saturated carbocycles. The molecule has 18 heavy (non-hydrogen) atoms. The Morgan fingerprint density at radius 1 is 1.44 bits per heavy atom. The van der Waals surface area contributed by atoms with Gasteiger partial charge >= 0.3 is 0 Å². The number of thiophene rings is 1. The van der Waals surface area contributed by atoms with Gasteiger partial charge in [-0.2, -0.15) is 5.10 Å². The van der Waals surface area contributed by atoms with Gasteiger partial charge in [-0.05, 0) is 54.8 Å². The van der Waals surface area contributed by atoms with Crippen molar-refractivity contribution in [2.24, 2.45) is 16.9 Å². The molecule has 3 nitrogen and oxygen atoms in total. The molecule has 1 heterocycles. The van der Waals surface area contributed by atoms with Crippen LogP contribution in [0.3, 0.4) is 0 Å². The van der Waals surface area contributed by atoms with E-state index in [9.17, 15) is 0 Å². The first-order chi connectivity index (χ1) is 8.81. The Hall–Kier alpha value is -0.940. The Bertz CT molecular complexity index is 441. The number of nitrogens with one attached hydrogen (secondary N) is 2. The van der Waals surface area contributed by atoms with Crippen molar-refractivity contribution in [3.63, 3.8) is 0 Å². The second kappa shape index (κ2) is 5.36. The molecule has 0 radical (unpaired) electrons. The van der Waals surface area contributed by atoms with E-state index in [4.69, 9.17) is 12.2 Å². The quantitative estimate of drug-likeness (QED) is 0.507. The molecule has 0 saturated heterocycles. The van der Waals surface area contributed by atoms with E-state index in [2.05, 4.69) is 15.8 Å². The monoisotopic (exact) mass is 279 g/mol. The first-order valence-corrected chi connectivity index (χ1v) is 7.73. The molecule has 1 aromatic heterocycles. The molecule has 0 amide bonds. The molecule has 0 aliphatic heterocycles. The van der Waals surface area contributed by atoms with Gasteiger partial charge in [0.05, 0.1) is 6.21 Å². The van der Waals surface area contributed by atoms with Crippen molar-refractivity contribution >= 4 is 34.9 Å². The van der Waals surface area contributed by atoms with Crippen LogP contribution in [0.15, 0.2) is 22.6 Å². The van der Waals surface area contributed by atoms with Gasteiger partial charge in [0.25, 0.3) is 0 Å². The van der Waals surface area contributed by atoms with Crippen molar-refractivity contribution in [1.29, 1.82) is 0 Å². The molecule has 5 heteroatoms. The second-order valence-corrected chi connectivity index (χ2v) is 6.53. The highest BCUT2D eigenvalue weighted by Crippen LogP contribution is 2.44. The van der Waals surface area contributed by atoms with E-state index in [1.807, 2.05) is 17.5 Å². The van der Waals surface area contributed by atoms with Crippen LogP contribution in [0.4, 0.5) is 0 Å². The van der Waals surface area contributed by atoms with Crippen molar-refractivity contribution in [3.8, 4) is 0 Å². The van der Waals surface area contributed by atoms with Gasteiger partial charge in [-0.15, -0.1) is 11.3 Å². The first kappa shape index (κ1) is 12.1. The van der Waals surface area contributed by atoms with Gasteiger partial charge in [-0.3, -0.25) is 5.43 Å². The molecule has 2 bridgehead atoms. The second-order valence-electron chi connectivity index (χ2n) is 5.14. The van der Waals surface area contributed by atoms with Gasteiger partial charge in [0.1, 0.15) is 0 Å². The van der Waals surface area contributed by atoms with E-state index in [1.165, 1.54) is 25.7 Å². The van der Waals surface area contributed by atoms with Crippen molar-refractivity contribution in [3.05, 3.63) is 22.4 Å². The van der Waals surface area contributed by atoms with Crippen LogP contribution in [0, 0.1) is 11.8 Å². The van der Waals surface area contributed by atoms with Gasteiger partial charge in [0.15, 0.2) is 5.11 Å². The maximum absolute atomic E-state index is 5.27. The van der Waals surface area contributed by atoms with Gasteiger partial charge < -0.3 is 5.32 Å². The highest BCUT2D eigenvalue weighted by atomic mass is 32.1. The normalized spacial score (nSPS) is 29.9. The Kier molecular flexibility index (Phi) is 3.61. The summed E-state index contributed by atoms with van der Waals surface area (Å²) in [6.45, 7) is 0. The van der Waals surface area contributed by atoms with E-state index in [0.29, 0.717) is 11.2 Å². The maximum Gasteiger partial charge on any atom is 0.187 e. The summed E-state index contributed by atoms with van der Waals surface area (Å²) < 4.78 is 0. The maximum atomic E-state index is 5.27. The van der Waals surface area contributed by atoms with Crippen molar-refractivity contribution in [1.82, 2.24) is 10.7 Å². The van der Waals surface area contributed by atoms with E-state index in [1.54, 1.807) is 17.6 Å². The van der Waals surface area contributed by atoms with Crippen LogP contribution in [0.2, 0.25) is 0 Å². The molecule has 0 spiro atoms. The third-order valence-corrected chi connectivity index (χ3v) is 4.97. The summed E-state index contributed by atoms with van der Waals surface area (Å²) in [5.74, 6) is 1.76. The zero-order valence-electron chi connectivity index (χ0n) is 10.1. The van der Waals surface area contributed by atoms with E-state index >= 15 is 0 Å². The summed E-state index contributed by atoms with van der Waals surface area (Å²) in [4.78, 5) is 1.13. The van der Waals surface area contributed by atoms with Crippen molar-refractivity contribution in [2.75, 3.05) is 0 Å². The lowest BCUT2D eigenvalue weighted by Gasteiger charge is -2.23. The molecule has 3 atom stereocenters. The topological polar surface area (TPSA) is 36.4 Å². The number of rotatable bonds is 3. The van der Waals surface area contributed by atoms with E-state index in [-0.39, 0.29) is 0 Å². The number of hydrogen-bond acceptors (Lipinski definition) is 3. The lowest BCUT2D eigenvalue weighted by molar-refractivity contribution is 0.389. The van der Waals surface area contributed by atoms with Crippen LogP contribution in [0.1, 0.15) is 30.6 Å². The third-order valence-electron chi connectivity index (χ3n) is 3.96. The lowest BCUT2D eigenvalue weighted by atomic mass is 9.96. The number of hydrazone groups is 1. The smallest absolute Gasteiger partial charge is 0.187 e. The fourth-order valence-corrected chi connectivity index (χ4v) is 3.93. The molecule has 1 aromatic rings. The van der Waals surface area contributed by atoms with Gasteiger partial charge in [0, 0.05) is 10.9 Å². The zero-order chi connectivity index (χ0) is 12.4. The van der Waals surface area contributed by atoms with Crippen LogP contribution in [0.25, 0.3) is 0 Å². The van der Waals surface area contributed by atoms with E-state index in [0.717, 1.165) is 16.7 Å². The summed E-state index contributed by atoms with van der Waals surface area (Å²) >= 11 is 6.93. The molecule has 2 aliphatic carbocycles. The molecule has 2 aliphatic rings. The van der Waals surface area contributed by atoms with Crippen LogP contribution in [-0.4, -0.2) is 17.4 Å². The van der Waals surface area contributed by atoms with Crippen LogP contribution in [-0.2, 0) is 0 Å². The fourth-order valence-electron chi connectivity index (χ4n) is 3.14. The number of fused-ring (bicyclic) bond motifs is 2. The van der Waals surface area contributed by atoms with E-state index < -0.39 is 0 Å². The molecule has 96 valence electrons. The van der Waals surface area contributed by atoms with Crippen LogP contribution >= 0.6 is 23.6 Å². The summed E-state index contributed by atoms with van der Waals surface area (Å²) in [6, 6.07) is 4.61. The predicted molar refractivity (Wildman–Crippen MR) is 80.0 cm³/mol. The molecular weight excluding hydrogens is 262 g/mol. The van der Waals surface area contributed by atoms with Crippen molar-refractivity contribution in [2.45, 2.75) is 31.7 Å². The Balaban J connectivity index is 1.45. The summed E-state index contributed by atoms with van der Waals surface area (Å²) in [6.07, 6.45) is 7.25. The highest BCUT2D eigenvalue weighted by molar-refractivity contribution is 7.80. The zero-order valence-corrected chi connectivity index (χ0v) is 11.8. The average Bonchev–Trinajstić information content (AvgIpc) is 3.04. The van der Waals surface area contributed by atoms with Gasteiger partial charge in [-0.1, -0.05) is 12.5 Å². The molecule has 2 fully saturated rings. The minimum absolute atomic E-state index is 0.570. The summed E-state index contributed by atoms with van der Waals surface area (Å²) in [5.41, 5.74) is 2.90. The molecule has 0 aromatic carbocycles. The average molecular weight is 279 g/mol. The minimum Gasteiger partial charge on any atom is -0.358 e. The number of hydrogen-bond donors (Lipinski definition) is 2. The van der Waals surface area contributed by atoms with Crippen LogP contribution in [0.5, 0.6) is 0 Å². The molecular formula is C13H17N3S2. The lowest BCUT2D eigenvalue weighted by Crippen LogP contribution is -2.42. The Labute approximate surface area is 117 Å². The standard InChI is InChI=1S/C13H17N3S2/c17-13(16-14-8-11-2-1-5-18-11)15-12-7-9-3-4-10(12)6-9/h1-2,5,8-10,12H,3-4,6-7H2,(H2,15,16,17)/b14-8-/t9-,10-,12-/m0/s1. The number of thiocarbonyl (C=S) groups is 1. The Morgan fingerprint density at radius 3 is 3.06 bits per heavy atom.